The van der Waals surface area contributed by atoms with Gasteiger partial charge in [-0.25, -0.2) is 0 Å². The number of amides is 1. The van der Waals surface area contributed by atoms with E-state index in [4.69, 9.17) is 0 Å². The molecule has 1 aliphatic heterocycles. The molecule has 132 valence electrons. The van der Waals surface area contributed by atoms with Gasteiger partial charge in [-0.2, -0.15) is 5.10 Å². The molecule has 0 saturated carbocycles. The zero-order valence-electron chi connectivity index (χ0n) is 14.8. The Morgan fingerprint density at radius 2 is 1.96 bits per heavy atom. The van der Waals surface area contributed by atoms with Crippen molar-refractivity contribution in [2.24, 2.45) is 7.05 Å². The standard InChI is InChI=1S/C20H26N4O/c1-23-18-11-7-10-17(16(18)14-21-23)22-20(25)19(24-12-5-6-13-24)15-8-3-2-4-9-15/h2-4,8-9,14,17,19H,5-7,10-13H2,1H3,(H,22,25)/t17-,19+/m1/s1. The highest BCUT2D eigenvalue weighted by Crippen LogP contribution is 2.31. The summed E-state index contributed by atoms with van der Waals surface area (Å²) in [5, 5.41) is 7.72. The third-order valence-electron chi connectivity index (χ3n) is 5.56. The van der Waals surface area contributed by atoms with E-state index < -0.39 is 0 Å². The van der Waals surface area contributed by atoms with E-state index in [-0.39, 0.29) is 18.0 Å². The lowest BCUT2D eigenvalue weighted by Crippen LogP contribution is -2.41. The molecule has 0 spiro atoms. The van der Waals surface area contributed by atoms with E-state index >= 15 is 0 Å². The molecule has 1 N–H and O–H groups in total. The molecule has 0 bridgehead atoms. The molecular weight excluding hydrogens is 312 g/mol. The Morgan fingerprint density at radius 1 is 1.20 bits per heavy atom. The minimum atomic E-state index is -0.189. The summed E-state index contributed by atoms with van der Waals surface area (Å²) >= 11 is 0. The largest absolute Gasteiger partial charge is 0.348 e. The van der Waals surface area contributed by atoms with Gasteiger partial charge in [-0.3, -0.25) is 14.4 Å². The number of aryl methyl sites for hydroxylation is 1. The molecule has 5 nitrogen and oxygen atoms in total. The Balaban J connectivity index is 1.57. The smallest absolute Gasteiger partial charge is 0.242 e. The fourth-order valence-corrected chi connectivity index (χ4v) is 4.27. The summed E-state index contributed by atoms with van der Waals surface area (Å²) in [6.45, 7) is 1.99. The molecule has 25 heavy (non-hydrogen) atoms. The number of hydrogen-bond acceptors (Lipinski definition) is 3. The quantitative estimate of drug-likeness (QED) is 0.932. The third kappa shape index (κ3) is 3.21. The highest BCUT2D eigenvalue weighted by molar-refractivity contribution is 5.83. The van der Waals surface area contributed by atoms with Crippen LogP contribution in [0.3, 0.4) is 0 Å². The molecule has 1 fully saturated rings. The van der Waals surface area contributed by atoms with Gasteiger partial charge in [0.1, 0.15) is 6.04 Å². The lowest BCUT2D eigenvalue weighted by molar-refractivity contribution is -0.127. The maximum atomic E-state index is 13.2. The van der Waals surface area contributed by atoms with Crippen LogP contribution in [-0.4, -0.2) is 33.7 Å². The van der Waals surface area contributed by atoms with Crippen LogP contribution >= 0.6 is 0 Å². The second-order valence-corrected chi connectivity index (χ2v) is 7.18. The van der Waals surface area contributed by atoms with E-state index in [1.807, 2.05) is 36.1 Å². The molecule has 1 amide bonds. The van der Waals surface area contributed by atoms with Crippen molar-refractivity contribution in [2.45, 2.75) is 44.2 Å². The lowest BCUT2D eigenvalue weighted by Gasteiger charge is -2.30. The van der Waals surface area contributed by atoms with Gasteiger partial charge in [-0.1, -0.05) is 30.3 Å². The van der Waals surface area contributed by atoms with Crippen LogP contribution < -0.4 is 5.32 Å². The highest BCUT2D eigenvalue weighted by Gasteiger charge is 2.32. The van der Waals surface area contributed by atoms with E-state index in [0.717, 1.165) is 37.9 Å². The highest BCUT2D eigenvalue weighted by atomic mass is 16.2. The lowest BCUT2D eigenvalue weighted by atomic mass is 9.92. The van der Waals surface area contributed by atoms with Gasteiger partial charge in [0.05, 0.1) is 12.2 Å². The van der Waals surface area contributed by atoms with Crippen molar-refractivity contribution in [1.29, 1.82) is 0 Å². The number of aromatic nitrogens is 2. The number of hydrogen-bond donors (Lipinski definition) is 1. The summed E-state index contributed by atoms with van der Waals surface area (Å²) in [5.41, 5.74) is 3.54. The fourth-order valence-electron chi connectivity index (χ4n) is 4.27. The van der Waals surface area contributed by atoms with Crippen LogP contribution in [0.1, 0.15) is 54.6 Å². The topological polar surface area (TPSA) is 50.2 Å². The summed E-state index contributed by atoms with van der Waals surface area (Å²) in [4.78, 5) is 15.6. The third-order valence-corrected chi connectivity index (χ3v) is 5.56. The predicted octanol–water partition coefficient (Wildman–Crippen LogP) is 2.75. The van der Waals surface area contributed by atoms with Gasteiger partial charge >= 0.3 is 0 Å². The Kier molecular flexibility index (Phi) is 4.57. The van der Waals surface area contributed by atoms with E-state index in [2.05, 4.69) is 27.4 Å². The number of carbonyl (C=O) groups excluding carboxylic acids is 1. The van der Waals surface area contributed by atoms with Gasteiger partial charge in [0.2, 0.25) is 5.91 Å². The van der Waals surface area contributed by atoms with Crippen LogP contribution in [0.5, 0.6) is 0 Å². The summed E-state index contributed by atoms with van der Waals surface area (Å²) in [6, 6.07) is 10.1. The zero-order valence-corrected chi connectivity index (χ0v) is 14.8. The van der Waals surface area contributed by atoms with Crippen molar-refractivity contribution in [1.82, 2.24) is 20.0 Å². The van der Waals surface area contributed by atoms with Crippen molar-refractivity contribution >= 4 is 5.91 Å². The van der Waals surface area contributed by atoms with Crippen LogP contribution in [0, 0.1) is 0 Å². The molecule has 0 radical (unpaired) electrons. The Bertz CT molecular complexity index is 733. The molecule has 2 heterocycles. The van der Waals surface area contributed by atoms with Crippen molar-refractivity contribution in [3.8, 4) is 0 Å². The number of nitrogens with one attached hydrogen (secondary N) is 1. The van der Waals surface area contributed by atoms with Crippen LogP contribution in [0.2, 0.25) is 0 Å². The van der Waals surface area contributed by atoms with Crippen LogP contribution in [0.25, 0.3) is 0 Å². The Morgan fingerprint density at radius 3 is 2.72 bits per heavy atom. The van der Waals surface area contributed by atoms with Gasteiger partial charge in [-0.15, -0.1) is 0 Å². The summed E-state index contributed by atoms with van der Waals surface area (Å²) < 4.78 is 1.95. The van der Waals surface area contributed by atoms with E-state index in [1.165, 1.54) is 24.1 Å². The van der Waals surface area contributed by atoms with E-state index in [1.54, 1.807) is 0 Å². The number of fused-ring (bicyclic) bond motifs is 1. The molecular formula is C20H26N4O. The first kappa shape index (κ1) is 16.3. The first-order valence-electron chi connectivity index (χ1n) is 9.34. The Labute approximate surface area is 149 Å². The average molecular weight is 338 g/mol. The van der Waals surface area contributed by atoms with E-state index in [0.29, 0.717) is 0 Å². The first-order chi connectivity index (χ1) is 12.2. The van der Waals surface area contributed by atoms with Crippen molar-refractivity contribution in [3.63, 3.8) is 0 Å². The number of benzene rings is 1. The van der Waals surface area contributed by atoms with Crippen molar-refractivity contribution in [2.75, 3.05) is 13.1 Å². The second-order valence-electron chi connectivity index (χ2n) is 7.18. The molecule has 4 rings (SSSR count). The molecule has 5 heteroatoms. The number of carbonyl (C=O) groups is 1. The van der Waals surface area contributed by atoms with Crippen LogP contribution in [0.15, 0.2) is 36.5 Å². The number of rotatable bonds is 4. The molecule has 2 aliphatic rings. The predicted molar refractivity (Wildman–Crippen MR) is 97.0 cm³/mol. The summed E-state index contributed by atoms with van der Waals surface area (Å²) in [5.74, 6) is 0.120. The second kappa shape index (κ2) is 7.00. The maximum absolute atomic E-state index is 13.2. The van der Waals surface area contributed by atoms with Crippen molar-refractivity contribution in [3.05, 3.63) is 53.3 Å². The van der Waals surface area contributed by atoms with Gasteiger partial charge in [0.25, 0.3) is 0 Å². The van der Waals surface area contributed by atoms with E-state index in [9.17, 15) is 4.79 Å². The molecule has 1 aliphatic carbocycles. The minimum absolute atomic E-state index is 0.0822. The fraction of sp³-hybridized carbons (Fsp3) is 0.500. The molecule has 1 aromatic carbocycles. The summed E-state index contributed by atoms with van der Waals surface area (Å²) in [6.07, 6.45) is 7.40. The summed E-state index contributed by atoms with van der Waals surface area (Å²) in [7, 11) is 1.99. The normalized spacial score (nSPS) is 21.7. The molecule has 0 unspecified atom stereocenters. The van der Waals surface area contributed by atoms with Gasteiger partial charge < -0.3 is 5.32 Å². The zero-order chi connectivity index (χ0) is 17.2. The average Bonchev–Trinajstić information content (AvgIpc) is 3.28. The van der Waals surface area contributed by atoms with Crippen molar-refractivity contribution < 1.29 is 4.79 Å². The monoisotopic (exact) mass is 338 g/mol. The van der Waals surface area contributed by atoms with Gasteiger partial charge in [-0.05, 0) is 50.8 Å². The molecule has 2 atom stereocenters. The molecule has 2 aromatic rings. The SMILES string of the molecule is Cn1ncc2c1CCC[C@H]2NC(=O)[C@H](c1ccccc1)N1CCCC1. The van der Waals surface area contributed by atoms with Gasteiger partial charge in [0, 0.05) is 18.3 Å². The molecule has 1 saturated heterocycles. The molecule has 1 aromatic heterocycles. The minimum Gasteiger partial charge on any atom is -0.348 e. The van der Waals surface area contributed by atoms with Crippen LogP contribution in [0.4, 0.5) is 0 Å². The first-order valence-corrected chi connectivity index (χ1v) is 9.34. The van der Waals surface area contributed by atoms with Crippen LogP contribution in [-0.2, 0) is 18.3 Å². The number of likely N-dealkylation sites (tertiary alicyclic amines) is 1. The maximum Gasteiger partial charge on any atom is 0.242 e. The van der Waals surface area contributed by atoms with Gasteiger partial charge in [0.15, 0.2) is 0 Å². The number of nitrogens with zero attached hydrogens (tertiary/aromatic N) is 3. The Hall–Kier alpha value is -2.14.